The second-order valence-corrected chi connectivity index (χ2v) is 6.50. The van der Waals surface area contributed by atoms with E-state index in [-0.39, 0.29) is 12.5 Å². The molecule has 0 aromatic heterocycles. The number of hydrazine groups is 1. The molecule has 2 aliphatic rings. The van der Waals surface area contributed by atoms with Crippen molar-refractivity contribution in [2.45, 2.75) is 18.9 Å². The molecule has 144 valence electrons. The van der Waals surface area contributed by atoms with Crippen LogP contribution in [0.3, 0.4) is 0 Å². The summed E-state index contributed by atoms with van der Waals surface area (Å²) in [5.74, 6) is 0.159. The molecule has 8 nitrogen and oxygen atoms in total. The third kappa shape index (κ3) is 3.62. The van der Waals surface area contributed by atoms with E-state index in [9.17, 15) is 14.4 Å². The third-order valence-electron chi connectivity index (χ3n) is 4.61. The molecule has 0 saturated carbocycles. The van der Waals surface area contributed by atoms with E-state index in [2.05, 4.69) is 10.9 Å². The molecule has 2 heterocycles. The quantitative estimate of drug-likeness (QED) is 0.784. The zero-order valence-corrected chi connectivity index (χ0v) is 15.0. The van der Waals surface area contributed by atoms with Gasteiger partial charge in [0.2, 0.25) is 12.0 Å². The molecule has 3 amide bonds. The van der Waals surface area contributed by atoms with Crippen molar-refractivity contribution in [3.05, 3.63) is 54.1 Å². The molecule has 1 fully saturated rings. The Morgan fingerprint density at radius 1 is 1.00 bits per heavy atom. The van der Waals surface area contributed by atoms with E-state index in [0.717, 1.165) is 12.1 Å². The van der Waals surface area contributed by atoms with Gasteiger partial charge in [0, 0.05) is 24.2 Å². The summed E-state index contributed by atoms with van der Waals surface area (Å²) in [6.45, 7) is 0.740. The van der Waals surface area contributed by atoms with Gasteiger partial charge in [0.05, 0.1) is 0 Å². The van der Waals surface area contributed by atoms with Crippen LogP contribution in [0.4, 0.5) is 5.69 Å². The first kappa shape index (κ1) is 17.8. The lowest BCUT2D eigenvalue weighted by Crippen LogP contribution is -2.50. The van der Waals surface area contributed by atoms with Crippen molar-refractivity contribution in [3.8, 4) is 11.5 Å². The molecule has 1 unspecified atom stereocenters. The Balaban J connectivity index is 1.32. The number of amides is 3. The van der Waals surface area contributed by atoms with Crippen molar-refractivity contribution in [3.63, 3.8) is 0 Å². The van der Waals surface area contributed by atoms with Crippen molar-refractivity contribution >= 4 is 23.4 Å². The minimum atomic E-state index is -0.862. The summed E-state index contributed by atoms with van der Waals surface area (Å²) in [5, 5.41) is 0. The highest BCUT2D eigenvalue weighted by molar-refractivity contribution is 5.98. The van der Waals surface area contributed by atoms with Crippen LogP contribution >= 0.6 is 0 Å². The lowest BCUT2D eigenvalue weighted by Gasteiger charge is -2.25. The summed E-state index contributed by atoms with van der Waals surface area (Å²) in [5.41, 5.74) is 5.84. The fraction of sp³-hybridized carbons (Fsp3) is 0.250. The number of nitrogens with one attached hydrogen (secondary N) is 2. The average molecular weight is 381 g/mol. The molecule has 4 rings (SSSR count). The molecular formula is C20H19N3O5. The van der Waals surface area contributed by atoms with E-state index >= 15 is 0 Å². The monoisotopic (exact) mass is 381 g/mol. The van der Waals surface area contributed by atoms with Crippen LogP contribution < -0.4 is 25.2 Å². The van der Waals surface area contributed by atoms with Gasteiger partial charge < -0.3 is 14.4 Å². The normalized spacial score (nSPS) is 17.9. The van der Waals surface area contributed by atoms with E-state index in [4.69, 9.17) is 9.47 Å². The second kappa shape index (κ2) is 7.59. The SMILES string of the molecule is O=C(NNC(=O)C1COc2ccccc2O1)c1ccc(N2CCCC2=O)cc1. The Kier molecular flexibility index (Phi) is 4.84. The Morgan fingerprint density at radius 3 is 2.46 bits per heavy atom. The van der Waals surface area contributed by atoms with Crippen LogP contribution in [0.5, 0.6) is 11.5 Å². The number of hydrogen-bond acceptors (Lipinski definition) is 5. The van der Waals surface area contributed by atoms with Crippen molar-refractivity contribution < 1.29 is 23.9 Å². The fourth-order valence-corrected chi connectivity index (χ4v) is 3.13. The van der Waals surface area contributed by atoms with Gasteiger partial charge in [-0.25, -0.2) is 0 Å². The second-order valence-electron chi connectivity index (χ2n) is 6.50. The van der Waals surface area contributed by atoms with E-state index in [1.54, 1.807) is 47.4 Å². The summed E-state index contributed by atoms with van der Waals surface area (Å²) in [7, 11) is 0. The number of benzene rings is 2. The van der Waals surface area contributed by atoms with Gasteiger partial charge in [-0.15, -0.1) is 0 Å². The Hall–Kier alpha value is -3.55. The lowest BCUT2D eigenvalue weighted by atomic mass is 10.2. The zero-order chi connectivity index (χ0) is 19.5. The van der Waals surface area contributed by atoms with Crippen molar-refractivity contribution in [2.75, 3.05) is 18.1 Å². The van der Waals surface area contributed by atoms with E-state index in [0.29, 0.717) is 30.0 Å². The number of para-hydroxylation sites is 2. The fourth-order valence-electron chi connectivity index (χ4n) is 3.13. The summed E-state index contributed by atoms with van der Waals surface area (Å²) in [6, 6.07) is 13.7. The van der Waals surface area contributed by atoms with Gasteiger partial charge in [-0.2, -0.15) is 0 Å². The van der Waals surface area contributed by atoms with Gasteiger partial charge in [-0.3, -0.25) is 25.2 Å². The molecule has 2 aliphatic heterocycles. The van der Waals surface area contributed by atoms with Gasteiger partial charge >= 0.3 is 0 Å². The standard InChI is InChI=1S/C20H19N3O5/c24-18-6-3-11-23(18)14-9-7-13(8-10-14)19(25)21-22-20(26)17-12-27-15-4-1-2-5-16(15)28-17/h1-2,4-5,7-10,17H,3,6,11-12H2,(H,21,25)(H,22,26). The molecule has 0 aliphatic carbocycles. The number of ether oxygens (including phenoxy) is 2. The molecule has 1 atom stereocenters. The molecule has 0 radical (unpaired) electrons. The number of carbonyl (C=O) groups excluding carboxylic acids is 3. The largest absolute Gasteiger partial charge is 0.485 e. The van der Waals surface area contributed by atoms with Crippen molar-refractivity contribution in [1.82, 2.24) is 10.9 Å². The highest BCUT2D eigenvalue weighted by atomic mass is 16.6. The van der Waals surface area contributed by atoms with Crippen LogP contribution in [-0.2, 0) is 9.59 Å². The van der Waals surface area contributed by atoms with Crippen molar-refractivity contribution in [2.24, 2.45) is 0 Å². The van der Waals surface area contributed by atoms with E-state index in [1.165, 1.54) is 0 Å². The van der Waals surface area contributed by atoms with Crippen LogP contribution in [0.1, 0.15) is 23.2 Å². The number of nitrogens with zero attached hydrogens (tertiary/aromatic N) is 1. The highest BCUT2D eigenvalue weighted by Gasteiger charge is 2.27. The maximum atomic E-state index is 12.2. The van der Waals surface area contributed by atoms with Crippen LogP contribution in [0.2, 0.25) is 0 Å². The predicted octanol–water partition coefficient (Wildman–Crippen LogP) is 1.41. The maximum absolute atomic E-state index is 12.2. The Morgan fingerprint density at radius 2 is 1.75 bits per heavy atom. The third-order valence-corrected chi connectivity index (χ3v) is 4.61. The highest BCUT2D eigenvalue weighted by Crippen LogP contribution is 2.30. The van der Waals surface area contributed by atoms with Gasteiger partial charge in [0.25, 0.3) is 11.8 Å². The zero-order valence-electron chi connectivity index (χ0n) is 15.0. The van der Waals surface area contributed by atoms with Crippen LogP contribution in [0.25, 0.3) is 0 Å². The molecule has 2 N–H and O–H groups in total. The summed E-state index contributed by atoms with van der Waals surface area (Å²) in [6.07, 6.45) is 0.523. The predicted molar refractivity (Wildman–Crippen MR) is 100.0 cm³/mol. The molecule has 28 heavy (non-hydrogen) atoms. The molecule has 1 saturated heterocycles. The molecule has 0 spiro atoms. The first-order valence-corrected chi connectivity index (χ1v) is 9.01. The van der Waals surface area contributed by atoms with Gasteiger partial charge in [0.15, 0.2) is 11.5 Å². The molecule has 8 heteroatoms. The maximum Gasteiger partial charge on any atom is 0.283 e. The molecule has 2 aromatic carbocycles. The molecular weight excluding hydrogens is 362 g/mol. The summed E-state index contributed by atoms with van der Waals surface area (Å²) in [4.78, 5) is 38.0. The van der Waals surface area contributed by atoms with E-state index in [1.807, 2.05) is 6.07 Å². The number of carbonyl (C=O) groups is 3. The average Bonchev–Trinajstić information content (AvgIpc) is 3.17. The minimum absolute atomic E-state index is 0.0529. The summed E-state index contributed by atoms with van der Waals surface area (Å²) >= 11 is 0. The number of anilines is 1. The molecule has 2 aromatic rings. The smallest absolute Gasteiger partial charge is 0.283 e. The lowest BCUT2D eigenvalue weighted by molar-refractivity contribution is -0.131. The number of rotatable bonds is 3. The molecule has 0 bridgehead atoms. The first-order valence-electron chi connectivity index (χ1n) is 9.01. The van der Waals surface area contributed by atoms with Crippen molar-refractivity contribution in [1.29, 1.82) is 0 Å². The Bertz CT molecular complexity index is 912. The van der Waals surface area contributed by atoms with Gasteiger partial charge in [0.1, 0.15) is 6.61 Å². The van der Waals surface area contributed by atoms with Crippen LogP contribution in [0, 0.1) is 0 Å². The first-order chi connectivity index (χ1) is 13.6. The summed E-state index contributed by atoms with van der Waals surface area (Å²) < 4.78 is 11.1. The van der Waals surface area contributed by atoms with Gasteiger partial charge in [-0.05, 0) is 42.8 Å². The topological polar surface area (TPSA) is 97.0 Å². The Labute approximate surface area is 161 Å². The van der Waals surface area contributed by atoms with Crippen LogP contribution in [-0.4, -0.2) is 37.0 Å². The number of hydrogen-bond donors (Lipinski definition) is 2. The minimum Gasteiger partial charge on any atom is -0.485 e. The number of fused-ring (bicyclic) bond motifs is 1. The van der Waals surface area contributed by atoms with Gasteiger partial charge in [-0.1, -0.05) is 12.1 Å². The van der Waals surface area contributed by atoms with Crippen LogP contribution in [0.15, 0.2) is 48.5 Å². The van der Waals surface area contributed by atoms with E-state index < -0.39 is 17.9 Å².